The number of H-pyrrole nitrogens is 1. The maximum Gasteiger partial charge on any atom is 0.340 e. The Hall–Kier alpha value is -3.74. The van der Waals surface area contributed by atoms with E-state index in [0.29, 0.717) is 29.5 Å². The fourth-order valence-corrected chi connectivity index (χ4v) is 3.92. The topological polar surface area (TPSA) is 105 Å². The maximum absolute atomic E-state index is 12.5. The number of nitrogens with one attached hydrogen (secondary N) is 2. The van der Waals surface area contributed by atoms with Crippen LogP contribution in [0.5, 0.6) is 11.5 Å². The van der Waals surface area contributed by atoms with Crippen LogP contribution in [0.1, 0.15) is 22.3 Å². The van der Waals surface area contributed by atoms with E-state index in [4.69, 9.17) is 9.15 Å². The van der Waals surface area contributed by atoms with Crippen molar-refractivity contribution in [2.75, 3.05) is 13.7 Å². The van der Waals surface area contributed by atoms with E-state index in [1.807, 2.05) is 24.4 Å². The lowest BCUT2D eigenvalue weighted by atomic mass is 10.0. The molecule has 0 atom stereocenters. The lowest BCUT2D eigenvalue weighted by Crippen LogP contribution is -2.29. The highest BCUT2D eigenvalue weighted by Crippen LogP contribution is 2.30. The van der Waals surface area contributed by atoms with Gasteiger partial charge in [0.1, 0.15) is 17.1 Å². The molecule has 31 heavy (non-hydrogen) atoms. The molecule has 0 aliphatic carbocycles. The van der Waals surface area contributed by atoms with E-state index in [1.54, 1.807) is 33.1 Å². The second-order valence-corrected chi connectivity index (χ2v) is 7.65. The molecule has 0 unspecified atom stereocenters. The predicted molar refractivity (Wildman–Crippen MR) is 119 cm³/mol. The molecule has 4 rings (SSSR count). The summed E-state index contributed by atoms with van der Waals surface area (Å²) in [6.45, 7) is 3.96. The van der Waals surface area contributed by atoms with Gasteiger partial charge in [-0.2, -0.15) is 0 Å². The van der Waals surface area contributed by atoms with Gasteiger partial charge in [0, 0.05) is 29.7 Å². The van der Waals surface area contributed by atoms with Crippen molar-refractivity contribution in [2.45, 2.75) is 26.7 Å². The number of hydrogen-bond acceptors (Lipinski definition) is 5. The molecule has 0 fully saturated rings. The first-order chi connectivity index (χ1) is 14.9. The van der Waals surface area contributed by atoms with Crippen LogP contribution in [0, 0.1) is 13.8 Å². The number of carbonyl (C=O) groups is 1. The zero-order valence-electron chi connectivity index (χ0n) is 17.7. The van der Waals surface area contributed by atoms with E-state index in [2.05, 4.69) is 10.3 Å². The Balaban J connectivity index is 1.46. The van der Waals surface area contributed by atoms with Crippen LogP contribution in [0.4, 0.5) is 0 Å². The minimum absolute atomic E-state index is 0.0360. The summed E-state index contributed by atoms with van der Waals surface area (Å²) in [6.07, 6.45) is 2.45. The van der Waals surface area contributed by atoms with Gasteiger partial charge in [0.25, 0.3) is 0 Å². The molecule has 0 aliphatic rings. The van der Waals surface area contributed by atoms with Crippen molar-refractivity contribution >= 4 is 27.8 Å². The van der Waals surface area contributed by atoms with E-state index in [1.165, 1.54) is 0 Å². The van der Waals surface area contributed by atoms with E-state index < -0.39 is 5.63 Å². The third kappa shape index (κ3) is 3.99. The van der Waals surface area contributed by atoms with Gasteiger partial charge in [-0.3, -0.25) is 4.79 Å². The molecule has 0 saturated carbocycles. The molecule has 4 aromatic rings. The molecule has 2 aromatic carbocycles. The van der Waals surface area contributed by atoms with Gasteiger partial charge in [0.05, 0.1) is 24.5 Å². The van der Waals surface area contributed by atoms with Crippen LogP contribution >= 0.6 is 0 Å². The molecular formula is C24H24N2O5. The number of amides is 1. The normalized spacial score (nSPS) is 11.2. The number of aromatic hydroxyl groups is 1. The van der Waals surface area contributed by atoms with E-state index >= 15 is 0 Å². The number of aromatic nitrogens is 1. The number of methoxy groups -OCH3 is 1. The summed E-state index contributed by atoms with van der Waals surface area (Å²) in [5.74, 6) is 0.539. The molecule has 3 N–H and O–H groups in total. The SMILES string of the molecule is COc1ccc2c(CCNC(=O)Cc3c(C)c4c(O)cc(C)cc4oc3=O)c[nH]c2c1. The number of rotatable bonds is 6. The summed E-state index contributed by atoms with van der Waals surface area (Å²) in [5.41, 5.74) is 3.41. The Labute approximate surface area is 178 Å². The summed E-state index contributed by atoms with van der Waals surface area (Å²) >= 11 is 0. The third-order valence-corrected chi connectivity index (χ3v) is 5.53. The average Bonchev–Trinajstić information content (AvgIpc) is 3.12. The zero-order chi connectivity index (χ0) is 22.1. The fraction of sp³-hybridized carbons (Fsp3) is 0.250. The second-order valence-electron chi connectivity index (χ2n) is 7.65. The van der Waals surface area contributed by atoms with Crippen molar-refractivity contribution < 1.29 is 19.1 Å². The molecule has 1 amide bonds. The van der Waals surface area contributed by atoms with E-state index in [-0.39, 0.29) is 23.6 Å². The molecule has 7 heteroatoms. The van der Waals surface area contributed by atoms with Gasteiger partial charge in [0.2, 0.25) is 5.91 Å². The van der Waals surface area contributed by atoms with Gasteiger partial charge in [-0.25, -0.2) is 4.79 Å². The summed E-state index contributed by atoms with van der Waals surface area (Å²) in [4.78, 5) is 28.1. The zero-order valence-corrected chi connectivity index (χ0v) is 17.7. The smallest absolute Gasteiger partial charge is 0.340 e. The lowest BCUT2D eigenvalue weighted by molar-refractivity contribution is -0.120. The van der Waals surface area contributed by atoms with Gasteiger partial charge in [-0.15, -0.1) is 0 Å². The van der Waals surface area contributed by atoms with Crippen LogP contribution in [0.25, 0.3) is 21.9 Å². The number of phenols is 1. The van der Waals surface area contributed by atoms with Gasteiger partial charge < -0.3 is 24.6 Å². The summed E-state index contributed by atoms with van der Waals surface area (Å²) < 4.78 is 10.6. The van der Waals surface area contributed by atoms with Gasteiger partial charge in [0.15, 0.2) is 0 Å². The highest BCUT2D eigenvalue weighted by Gasteiger charge is 2.17. The lowest BCUT2D eigenvalue weighted by Gasteiger charge is -2.10. The molecule has 0 aliphatic heterocycles. The molecule has 160 valence electrons. The maximum atomic E-state index is 12.5. The highest BCUT2D eigenvalue weighted by molar-refractivity contribution is 5.89. The van der Waals surface area contributed by atoms with Crippen LogP contribution in [0.15, 0.2) is 45.7 Å². The highest BCUT2D eigenvalue weighted by atomic mass is 16.5. The first-order valence-corrected chi connectivity index (χ1v) is 10.0. The largest absolute Gasteiger partial charge is 0.507 e. The number of aromatic amines is 1. The van der Waals surface area contributed by atoms with E-state index in [0.717, 1.165) is 27.8 Å². The van der Waals surface area contributed by atoms with Crippen LogP contribution < -0.4 is 15.7 Å². The monoisotopic (exact) mass is 420 g/mol. The molecular weight excluding hydrogens is 396 g/mol. The van der Waals surface area contributed by atoms with Crippen molar-refractivity contribution in [1.82, 2.24) is 10.3 Å². The Bertz CT molecular complexity index is 1350. The van der Waals surface area contributed by atoms with Crippen LogP contribution in [0.2, 0.25) is 0 Å². The van der Waals surface area contributed by atoms with Gasteiger partial charge in [-0.05, 0) is 61.2 Å². The second kappa shape index (κ2) is 8.18. The summed E-state index contributed by atoms with van der Waals surface area (Å²) in [6, 6.07) is 9.12. The first-order valence-electron chi connectivity index (χ1n) is 10.0. The molecule has 0 radical (unpaired) electrons. The Morgan fingerprint density at radius 2 is 2.03 bits per heavy atom. The number of phenolic OH excluding ortho intramolecular Hbond substituents is 1. The predicted octanol–water partition coefficient (Wildman–Crippen LogP) is 3.51. The number of ether oxygens (including phenoxy) is 1. The molecule has 2 aromatic heterocycles. The van der Waals surface area contributed by atoms with E-state index in [9.17, 15) is 14.7 Å². The van der Waals surface area contributed by atoms with Crippen molar-refractivity contribution in [2.24, 2.45) is 0 Å². The number of fused-ring (bicyclic) bond motifs is 2. The van der Waals surface area contributed by atoms with Crippen LogP contribution in [-0.2, 0) is 17.6 Å². The first kappa shape index (κ1) is 20.5. The Morgan fingerprint density at radius 1 is 1.23 bits per heavy atom. The number of benzene rings is 2. The molecule has 0 spiro atoms. The quantitative estimate of drug-likeness (QED) is 0.414. The number of aryl methyl sites for hydroxylation is 2. The van der Waals surface area contributed by atoms with Crippen LogP contribution in [-0.4, -0.2) is 29.7 Å². The third-order valence-electron chi connectivity index (χ3n) is 5.53. The minimum atomic E-state index is -0.560. The molecule has 7 nitrogen and oxygen atoms in total. The summed E-state index contributed by atoms with van der Waals surface area (Å²) in [7, 11) is 1.63. The number of carbonyl (C=O) groups excluding carboxylic acids is 1. The van der Waals surface area contributed by atoms with Crippen molar-refractivity contribution in [3.63, 3.8) is 0 Å². The van der Waals surface area contributed by atoms with Crippen molar-refractivity contribution in [3.05, 3.63) is 69.2 Å². The van der Waals surface area contributed by atoms with Gasteiger partial charge in [-0.1, -0.05) is 0 Å². The minimum Gasteiger partial charge on any atom is -0.507 e. The van der Waals surface area contributed by atoms with Crippen LogP contribution in [0.3, 0.4) is 0 Å². The van der Waals surface area contributed by atoms with Gasteiger partial charge >= 0.3 is 5.63 Å². The Kier molecular flexibility index (Phi) is 5.42. The number of hydrogen-bond donors (Lipinski definition) is 3. The average molecular weight is 420 g/mol. The molecule has 0 saturated heterocycles. The molecule has 2 heterocycles. The standard InChI is InChI=1S/C24H24N2O5/c1-13-8-20(27)23-14(2)18(24(29)31-21(23)9-13)11-22(28)25-7-6-15-12-26-19-10-16(30-3)4-5-17(15)19/h4-5,8-10,12,26-27H,6-7,11H2,1-3H3,(H,25,28). The van der Waals surface area contributed by atoms with Crippen molar-refractivity contribution in [3.8, 4) is 11.5 Å². The van der Waals surface area contributed by atoms with Crippen molar-refractivity contribution in [1.29, 1.82) is 0 Å². The molecule has 0 bridgehead atoms. The Morgan fingerprint density at radius 3 is 2.81 bits per heavy atom. The summed E-state index contributed by atoms with van der Waals surface area (Å²) in [5, 5.41) is 14.7. The fourth-order valence-electron chi connectivity index (χ4n) is 3.92.